The molecule has 0 aromatic rings. The number of nitrogens with one attached hydrogen (secondary N) is 1. The molecule has 0 aromatic carbocycles. The summed E-state index contributed by atoms with van der Waals surface area (Å²) >= 11 is 0. The maximum Gasteiger partial charge on any atom is 0.303 e. The summed E-state index contributed by atoms with van der Waals surface area (Å²) in [5, 5.41) is 0. The summed E-state index contributed by atoms with van der Waals surface area (Å²) in [5.74, 6) is -0.313. The molecule has 1 atom stereocenters. The summed E-state index contributed by atoms with van der Waals surface area (Å²) in [6, 6.07) is 0. The van der Waals surface area contributed by atoms with Gasteiger partial charge in [-0.2, -0.15) is 0 Å². The first kappa shape index (κ1) is 11.5. The predicted molar refractivity (Wildman–Crippen MR) is 61.9 cm³/mol. The molecule has 0 saturated carbocycles. The van der Waals surface area contributed by atoms with Crippen molar-refractivity contribution in [2.45, 2.75) is 6.92 Å². The fourth-order valence-corrected chi connectivity index (χ4v) is 1.83. The van der Waals surface area contributed by atoms with Gasteiger partial charge in [0.1, 0.15) is 5.70 Å². The highest BCUT2D eigenvalue weighted by molar-refractivity contribution is 6.02. The molecule has 0 saturated heterocycles. The summed E-state index contributed by atoms with van der Waals surface area (Å²) < 4.78 is 4.97. The molecule has 88 valence electrons. The molecule has 0 bridgehead atoms. The monoisotopic (exact) mass is 232 g/mol. The van der Waals surface area contributed by atoms with Crippen molar-refractivity contribution in [2.24, 2.45) is 0 Å². The van der Waals surface area contributed by atoms with Gasteiger partial charge < -0.3 is 4.74 Å². The fraction of sp³-hybridized carbons (Fsp3) is 0.231. The van der Waals surface area contributed by atoms with E-state index < -0.39 is 0 Å². The van der Waals surface area contributed by atoms with Gasteiger partial charge in [-0.05, 0) is 24.3 Å². The predicted octanol–water partition coefficient (Wildman–Crippen LogP) is -0.0891. The van der Waals surface area contributed by atoms with E-state index in [-0.39, 0.29) is 18.4 Å². The van der Waals surface area contributed by atoms with Crippen LogP contribution in [0.1, 0.15) is 6.92 Å². The van der Waals surface area contributed by atoms with Gasteiger partial charge in [-0.15, -0.1) is 0 Å². The number of carbonyl (C=O) groups is 2. The number of hydrogen-bond donors (Lipinski definition) is 1. The molecule has 2 aliphatic rings. The van der Waals surface area contributed by atoms with Crippen molar-refractivity contribution in [2.75, 3.05) is 13.7 Å². The molecule has 0 radical (unpaired) electrons. The van der Waals surface area contributed by atoms with Crippen LogP contribution >= 0.6 is 0 Å². The van der Waals surface area contributed by atoms with E-state index in [1.807, 2.05) is 19.2 Å². The van der Waals surface area contributed by atoms with E-state index in [0.717, 1.165) is 21.9 Å². The minimum Gasteiger partial charge on any atom is -0.455 e. The maximum absolute atomic E-state index is 11.3. The van der Waals surface area contributed by atoms with Crippen molar-refractivity contribution >= 4 is 11.8 Å². The third kappa shape index (κ3) is 2.42. The number of likely N-dealkylation sites (N-methyl/N-ethyl adjacent to an activating group) is 1. The van der Waals surface area contributed by atoms with E-state index in [9.17, 15) is 9.59 Å². The Morgan fingerprint density at radius 1 is 1.35 bits per heavy atom. The molecular weight excluding hydrogens is 218 g/mol. The number of rotatable bonds is 2. The van der Waals surface area contributed by atoms with Crippen LogP contribution in [0.15, 0.2) is 47.3 Å². The van der Waals surface area contributed by atoms with Crippen LogP contribution < -0.4 is 4.90 Å². The molecule has 2 rings (SSSR count). The highest BCUT2D eigenvalue weighted by atomic mass is 16.5. The normalized spacial score (nSPS) is 22.4. The number of allylic oxidation sites excluding steroid dienone is 5. The van der Waals surface area contributed by atoms with Gasteiger partial charge in [0.25, 0.3) is 0 Å². The molecular formula is C13H14NO3+. The molecule has 0 aromatic heterocycles. The van der Waals surface area contributed by atoms with Crippen molar-refractivity contribution < 1.29 is 19.2 Å². The lowest BCUT2D eigenvalue weighted by atomic mass is 10.00. The van der Waals surface area contributed by atoms with E-state index in [2.05, 4.69) is 0 Å². The van der Waals surface area contributed by atoms with Gasteiger partial charge in [-0.3, -0.25) is 14.5 Å². The van der Waals surface area contributed by atoms with Gasteiger partial charge in [-0.25, -0.2) is 0 Å². The van der Waals surface area contributed by atoms with Gasteiger partial charge in [0.15, 0.2) is 18.1 Å². The molecule has 0 fully saturated rings. The van der Waals surface area contributed by atoms with Crippen LogP contribution in [-0.4, -0.2) is 25.4 Å². The molecule has 0 spiro atoms. The van der Waals surface area contributed by atoms with Crippen LogP contribution in [-0.2, 0) is 14.3 Å². The highest BCUT2D eigenvalue weighted by Crippen LogP contribution is 2.15. The van der Waals surface area contributed by atoms with Crippen molar-refractivity contribution in [1.29, 1.82) is 0 Å². The topological polar surface area (TPSA) is 47.8 Å². The summed E-state index contributed by atoms with van der Waals surface area (Å²) in [4.78, 5) is 23.1. The van der Waals surface area contributed by atoms with Crippen molar-refractivity contribution in [3.05, 3.63) is 47.3 Å². The number of hydrogen-bond acceptors (Lipinski definition) is 3. The van der Waals surface area contributed by atoms with Crippen LogP contribution in [0, 0.1) is 0 Å². The molecule has 17 heavy (non-hydrogen) atoms. The Bertz CT molecular complexity index is 495. The van der Waals surface area contributed by atoms with Crippen LogP contribution in [0.4, 0.5) is 0 Å². The fourth-order valence-electron chi connectivity index (χ4n) is 1.83. The lowest BCUT2D eigenvalue weighted by molar-refractivity contribution is -0.796. The minimum absolute atomic E-state index is 0.00904. The van der Waals surface area contributed by atoms with E-state index >= 15 is 0 Å². The molecule has 1 heterocycles. The van der Waals surface area contributed by atoms with E-state index in [0.29, 0.717) is 0 Å². The van der Waals surface area contributed by atoms with E-state index in [1.165, 1.54) is 6.92 Å². The Morgan fingerprint density at radius 3 is 2.82 bits per heavy atom. The smallest absolute Gasteiger partial charge is 0.303 e. The zero-order valence-corrected chi connectivity index (χ0v) is 9.82. The van der Waals surface area contributed by atoms with Crippen LogP contribution in [0.3, 0.4) is 0 Å². The molecule has 1 unspecified atom stereocenters. The van der Waals surface area contributed by atoms with Crippen molar-refractivity contribution in [3.8, 4) is 0 Å². The molecule has 4 heteroatoms. The molecule has 0 amide bonds. The average Bonchev–Trinajstić information content (AvgIpc) is 2.29. The summed E-state index contributed by atoms with van der Waals surface area (Å²) in [7, 11) is 1.93. The van der Waals surface area contributed by atoms with Crippen LogP contribution in [0.5, 0.6) is 0 Å². The van der Waals surface area contributed by atoms with Crippen molar-refractivity contribution in [1.82, 2.24) is 0 Å². The van der Waals surface area contributed by atoms with Gasteiger partial charge in [0.05, 0.1) is 7.05 Å². The summed E-state index contributed by atoms with van der Waals surface area (Å²) in [6.45, 7) is 1.63. The molecule has 4 nitrogen and oxygen atoms in total. The first-order valence-electron chi connectivity index (χ1n) is 5.40. The Labute approximate surface area is 99.5 Å². The number of fused-ring (bicyclic) bond motifs is 1. The van der Waals surface area contributed by atoms with E-state index in [4.69, 9.17) is 4.74 Å². The number of esters is 1. The Balaban J connectivity index is 2.22. The second kappa shape index (κ2) is 4.51. The Kier molecular flexibility index (Phi) is 3.06. The Hall–Kier alpha value is -1.94. The zero-order valence-electron chi connectivity index (χ0n) is 9.82. The SMILES string of the molecule is CC(=O)OCC1=CC=C2C=CC(=O)C=C2[NH+]1C. The van der Waals surface area contributed by atoms with Gasteiger partial charge >= 0.3 is 5.97 Å². The second-order valence-electron chi connectivity index (χ2n) is 4.01. The average molecular weight is 232 g/mol. The van der Waals surface area contributed by atoms with E-state index in [1.54, 1.807) is 18.2 Å². The Morgan fingerprint density at radius 2 is 2.12 bits per heavy atom. The number of ether oxygens (including phenoxy) is 1. The third-order valence-corrected chi connectivity index (χ3v) is 2.81. The summed E-state index contributed by atoms with van der Waals surface area (Å²) in [5.41, 5.74) is 2.87. The van der Waals surface area contributed by atoms with Gasteiger partial charge in [0, 0.05) is 18.6 Å². The maximum atomic E-state index is 11.3. The molecule has 1 aliphatic heterocycles. The second-order valence-corrected chi connectivity index (χ2v) is 4.01. The number of quaternary nitrogens is 1. The molecule has 1 aliphatic carbocycles. The lowest BCUT2D eigenvalue weighted by Crippen LogP contribution is -3.06. The van der Waals surface area contributed by atoms with Gasteiger partial charge in [-0.1, -0.05) is 0 Å². The molecule has 1 N–H and O–H groups in total. The largest absolute Gasteiger partial charge is 0.455 e. The third-order valence-electron chi connectivity index (χ3n) is 2.81. The highest BCUT2D eigenvalue weighted by Gasteiger charge is 2.25. The quantitative estimate of drug-likeness (QED) is 0.677. The van der Waals surface area contributed by atoms with Crippen LogP contribution in [0.2, 0.25) is 0 Å². The lowest BCUT2D eigenvalue weighted by Gasteiger charge is -2.23. The van der Waals surface area contributed by atoms with Crippen LogP contribution in [0.25, 0.3) is 0 Å². The first-order chi connectivity index (χ1) is 8.08. The van der Waals surface area contributed by atoms with Gasteiger partial charge in [0.2, 0.25) is 0 Å². The number of ketones is 1. The van der Waals surface area contributed by atoms with Crippen molar-refractivity contribution in [3.63, 3.8) is 0 Å². The standard InChI is InChI=1S/C13H13NO3/c1-9(15)17-8-11-5-3-10-4-6-12(16)7-13(10)14(11)2/h3-7H,8H2,1-2H3/p+1. The minimum atomic E-state index is -0.304. The zero-order chi connectivity index (χ0) is 12.4. The summed E-state index contributed by atoms with van der Waals surface area (Å²) in [6.07, 6.45) is 8.82. The first-order valence-corrected chi connectivity index (χ1v) is 5.40. The number of carbonyl (C=O) groups excluding carboxylic acids is 2.